The monoisotopic (exact) mass is 198 g/mol. The van der Waals surface area contributed by atoms with E-state index in [4.69, 9.17) is 9.84 Å². The van der Waals surface area contributed by atoms with Crippen LogP contribution in [0.1, 0.15) is 26.7 Å². The molecule has 3 heteroatoms. The highest BCUT2D eigenvalue weighted by Crippen LogP contribution is 2.63. The molecule has 1 heterocycles. The van der Waals surface area contributed by atoms with Gasteiger partial charge in [0.1, 0.15) is 0 Å². The van der Waals surface area contributed by atoms with E-state index in [0.717, 1.165) is 26.1 Å². The van der Waals surface area contributed by atoms with Crippen LogP contribution in [0.2, 0.25) is 0 Å². The number of hydrogen-bond acceptors (Lipinski definition) is 2. The average Bonchev–Trinajstić information content (AvgIpc) is 2.71. The van der Waals surface area contributed by atoms with Crippen molar-refractivity contribution in [2.75, 3.05) is 13.2 Å². The zero-order valence-electron chi connectivity index (χ0n) is 8.82. The van der Waals surface area contributed by atoms with Gasteiger partial charge < -0.3 is 9.84 Å². The molecule has 80 valence electrons. The van der Waals surface area contributed by atoms with E-state index in [1.165, 1.54) is 0 Å². The van der Waals surface area contributed by atoms with Crippen LogP contribution < -0.4 is 0 Å². The van der Waals surface area contributed by atoms with Crippen LogP contribution in [0, 0.1) is 23.2 Å². The van der Waals surface area contributed by atoms with Gasteiger partial charge in [0.05, 0.1) is 5.92 Å². The summed E-state index contributed by atoms with van der Waals surface area (Å²) in [7, 11) is 0. The predicted molar refractivity (Wildman–Crippen MR) is 51.9 cm³/mol. The highest BCUT2D eigenvalue weighted by atomic mass is 16.5. The first-order valence-electron chi connectivity index (χ1n) is 5.35. The van der Waals surface area contributed by atoms with Gasteiger partial charge in [-0.1, -0.05) is 13.8 Å². The van der Waals surface area contributed by atoms with Gasteiger partial charge >= 0.3 is 5.97 Å². The van der Waals surface area contributed by atoms with Crippen molar-refractivity contribution < 1.29 is 14.6 Å². The fourth-order valence-electron chi connectivity index (χ4n) is 3.10. The van der Waals surface area contributed by atoms with Crippen LogP contribution in [0.15, 0.2) is 0 Å². The van der Waals surface area contributed by atoms with Gasteiger partial charge in [-0.05, 0) is 30.1 Å². The van der Waals surface area contributed by atoms with Crippen LogP contribution in [0.25, 0.3) is 0 Å². The van der Waals surface area contributed by atoms with Crippen molar-refractivity contribution in [2.24, 2.45) is 23.2 Å². The summed E-state index contributed by atoms with van der Waals surface area (Å²) < 4.78 is 5.29. The van der Waals surface area contributed by atoms with Crippen LogP contribution in [0.3, 0.4) is 0 Å². The molecule has 1 saturated heterocycles. The molecule has 2 rings (SSSR count). The Morgan fingerprint density at radius 1 is 1.36 bits per heavy atom. The molecule has 1 aliphatic carbocycles. The smallest absolute Gasteiger partial charge is 0.307 e. The summed E-state index contributed by atoms with van der Waals surface area (Å²) >= 11 is 0. The standard InChI is InChI=1S/C11H18O3/c1-11(2)8(9(11)10(12)13)7-3-5-14-6-4-7/h7-9H,3-6H2,1-2H3,(H,12,13)/t8-,9+/m1/s1. The number of hydrogen-bond donors (Lipinski definition) is 1. The van der Waals surface area contributed by atoms with Crippen molar-refractivity contribution in [3.05, 3.63) is 0 Å². The Balaban J connectivity index is 2.02. The summed E-state index contributed by atoms with van der Waals surface area (Å²) in [6.07, 6.45) is 2.08. The van der Waals surface area contributed by atoms with E-state index < -0.39 is 5.97 Å². The molecule has 1 N–H and O–H groups in total. The second kappa shape index (κ2) is 3.23. The van der Waals surface area contributed by atoms with E-state index in [9.17, 15) is 4.79 Å². The first-order valence-corrected chi connectivity index (χ1v) is 5.35. The minimum absolute atomic E-state index is 0.00778. The van der Waals surface area contributed by atoms with Gasteiger partial charge in [0.2, 0.25) is 0 Å². The number of carbonyl (C=O) groups is 1. The van der Waals surface area contributed by atoms with Crippen molar-refractivity contribution >= 4 is 5.97 Å². The molecule has 1 saturated carbocycles. The molecule has 0 aromatic rings. The van der Waals surface area contributed by atoms with Gasteiger partial charge in [-0.15, -0.1) is 0 Å². The normalized spacial score (nSPS) is 36.7. The van der Waals surface area contributed by atoms with Gasteiger partial charge in [-0.25, -0.2) is 0 Å². The van der Waals surface area contributed by atoms with E-state index >= 15 is 0 Å². The highest BCUT2D eigenvalue weighted by molar-refractivity contribution is 5.75. The molecular weight excluding hydrogens is 180 g/mol. The highest BCUT2D eigenvalue weighted by Gasteiger charge is 2.64. The number of carboxylic acid groups (broad SMARTS) is 1. The molecule has 0 unspecified atom stereocenters. The third-order valence-electron chi connectivity index (χ3n) is 3.95. The second-order valence-corrected chi connectivity index (χ2v) is 5.11. The lowest BCUT2D eigenvalue weighted by Crippen LogP contribution is -2.19. The van der Waals surface area contributed by atoms with Crippen LogP contribution in [-0.2, 0) is 9.53 Å². The number of rotatable bonds is 2. The molecular formula is C11H18O3. The number of aliphatic carboxylic acids is 1. The Kier molecular flexibility index (Phi) is 2.30. The van der Waals surface area contributed by atoms with E-state index in [-0.39, 0.29) is 11.3 Å². The van der Waals surface area contributed by atoms with Gasteiger partial charge in [-0.2, -0.15) is 0 Å². The Bertz CT molecular complexity index is 241. The largest absolute Gasteiger partial charge is 0.481 e. The summed E-state index contributed by atoms with van der Waals surface area (Å²) in [5.41, 5.74) is 0.00778. The van der Waals surface area contributed by atoms with Crippen LogP contribution in [-0.4, -0.2) is 24.3 Å². The summed E-state index contributed by atoms with van der Waals surface area (Å²) in [5.74, 6) is 0.209. The average molecular weight is 198 g/mol. The summed E-state index contributed by atoms with van der Waals surface area (Å²) in [5, 5.41) is 9.06. The van der Waals surface area contributed by atoms with Gasteiger partial charge in [-0.3, -0.25) is 4.79 Å². The fraction of sp³-hybridized carbons (Fsp3) is 0.909. The Morgan fingerprint density at radius 3 is 2.36 bits per heavy atom. The van der Waals surface area contributed by atoms with Crippen molar-refractivity contribution in [3.63, 3.8) is 0 Å². The van der Waals surface area contributed by atoms with Gasteiger partial charge in [0.25, 0.3) is 0 Å². The summed E-state index contributed by atoms with van der Waals surface area (Å²) in [6, 6.07) is 0. The number of ether oxygens (including phenoxy) is 1. The maximum atomic E-state index is 11.0. The van der Waals surface area contributed by atoms with Crippen molar-refractivity contribution in [1.29, 1.82) is 0 Å². The molecule has 2 aliphatic rings. The first-order chi connectivity index (χ1) is 6.55. The fourth-order valence-corrected chi connectivity index (χ4v) is 3.10. The molecule has 2 fully saturated rings. The second-order valence-electron chi connectivity index (χ2n) is 5.11. The zero-order chi connectivity index (χ0) is 10.3. The predicted octanol–water partition coefficient (Wildman–Crippen LogP) is 1.77. The third kappa shape index (κ3) is 1.44. The first kappa shape index (κ1) is 9.97. The Labute approximate surface area is 84.4 Å². The quantitative estimate of drug-likeness (QED) is 0.735. The van der Waals surface area contributed by atoms with Crippen LogP contribution in [0.5, 0.6) is 0 Å². The molecule has 2 atom stereocenters. The minimum Gasteiger partial charge on any atom is -0.481 e. The van der Waals surface area contributed by atoms with Crippen LogP contribution in [0.4, 0.5) is 0 Å². The van der Waals surface area contributed by atoms with E-state index in [2.05, 4.69) is 13.8 Å². The molecule has 14 heavy (non-hydrogen) atoms. The molecule has 0 spiro atoms. The molecule has 0 bridgehead atoms. The number of carboxylic acids is 1. The lowest BCUT2D eigenvalue weighted by molar-refractivity contribution is -0.139. The SMILES string of the molecule is CC1(C)[C@H](C(=O)O)[C@H]1C1CCOCC1. The Hall–Kier alpha value is -0.570. The Morgan fingerprint density at radius 2 is 1.93 bits per heavy atom. The maximum Gasteiger partial charge on any atom is 0.307 e. The molecule has 3 nitrogen and oxygen atoms in total. The molecule has 0 radical (unpaired) electrons. The van der Waals surface area contributed by atoms with Crippen molar-refractivity contribution in [2.45, 2.75) is 26.7 Å². The lowest BCUT2D eigenvalue weighted by atomic mass is 9.90. The zero-order valence-corrected chi connectivity index (χ0v) is 8.82. The molecule has 0 aromatic carbocycles. The van der Waals surface area contributed by atoms with Gasteiger partial charge in [0.15, 0.2) is 0 Å². The van der Waals surface area contributed by atoms with Crippen molar-refractivity contribution in [3.8, 4) is 0 Å². The molecule has 1 aliphatic heterocycles. The van der Waals surface area contributed by atoms with Crippen LogP contribution >= 0.6 is 0 Å². The molecule has 0 aromatic heterocycles. The maximum absolute atomic E-state index is 11.0. The third-order valence-corrected chi connectivity index (χ3v) is 3.95. The molecule has 0 amide bonds. The lowest BCUT2D eigenvalue weighted by Gasteiger charge is -2.23. The van der Waals surface area contributed by atoms with E-state index in [1.807, 2.05) is 0 Å². The minimum atomic E-state index is -0.619. The summed E-state index contributed by atoms with van der Waals surface area (Å²) in [4.78, 5) is 11.0. The van der Waals surface area contributed by atoms with Gasteiger partial charge in [0, 0.05) is 13.2 Å². The summed E-state index contributed by atoms with van der Waals surface area (Å²) in [6.45, 7) is 5.77. The van der Waals surface area contributed by atoms with E-state index in [1.54, 1.807) is 0 Å². The topological polar surface area (TPSA) is 46.5 Å². The van der Waals surface area contributed by atoms with E-state index in [0.29, 0.717) is 11.8 Å². The van der Waals surface area contributed by atoms with Crippen molar-refractivity contribution in [1.82, 2.24) is 0 Å².